The number of amides is 1. The summed E-state index contributed by atoms with van der Waals surface area (Å²) in [7, 11) is 0. The number of rotatable bonds is 5. The van der Waals surface area contributed by atoms with Crippen molar-refractivity contribution in [3.63, 3.8) is 0 Å². The van der Waals surface area contributed by atoms with Gasteiger partial charge in [-0.1, -0.05) is 0 Å². The van der Waals surface area contributed by atoms with Crippen molar-refractivity contribution in [2.75, 3.05) is 13.2 Å². The van der Waals surface area contributed by atoms with Crippen molar-refractivity contribution < 1.29 is 18.7 Å². The molecule has 0 heterocycles. The van der Waals surface area contributed by atoms with Crippen molar-refractivity contribution in [3.8, 4) is 5.75 Å². The zero-order chi connectivity index (χ0) is 11.1. The molecular formula is C10H12FNO3. The van der Waals surface area contributed by atoms with Crippen molar-refractivity contribution in [3.05, 3.63) is 30.1 Å². The van der Waals surface area contributed by atoms with Gasteiger partial charge in [0.15, 0.2) is 0 Å². The molecule has 0 aromatic heterocycles. The third-order valence-corrected chi connectivity index (χ3v) is 1.62. The van der Waals surface area contributed by atoms with Crippen LogP contribution in [0.15, 0.2) is 24.3 Å². The lowest BCUT2D eigenvalue weighted by Gasteiger charge is -2.05. The van der Waals surface area contributed by atoms with Gasteiger partial charge in [-0.15, -0.1) is 0 Å². The Morgan fingerprint density at radius 1 is 1.27 bits per heavy atom. The number of nitrogens with two attached hydrogens (primary N) is 1. The summed E-state index contributed by atoms with van der Waals surface area (Å²) in [4.78, 5) is 10.2. The summed E-state index contributed by atoms with van der Waals surface area (Å²) in [5.41, 5.74) is 4.76. The molecule has 0 atom stereocenters. The summed E-state index contributed by atoms with van der Waals surface area (Å²) in [6.07, 6.45) is -0.253. The Balaban J connectivity index is 2.15. The number of ether oxygens (including phenoxy) is 2. The monoisotopic (exact) mass is 213 g/mol. The van der Waals surface area contributed by atoms with E-state index in [1.807, 2.05) is 0 Å². The number of carbonyl (C=O) groups is 1. The fraction of sp³-hybridized carbons (Fsp3) is 0.300. The fourth-order valence-electron chi connectivity index (χ4n) is 0.953. The zero-order valence-corrected chi connectivity index (χ0v) is 8.11. The Hall–Kier alpha value is -1.78. The molecule has 0 spiro atoms. The molecule has 0 aliphatic rings. The summed E-state index contributed by atoms with van der Waals surface area (Å²) in [5, 5.41) is 0. The highest BCUT2D eigenvalue weighted by molar-refractivity contribution is 5.64. The third kappa shape index (κ3) is 4.85. The Bertz CT molecular complexity index is 313. The van der Waals surface area contributed by atoms with Crippen molar-refractivity contribution >= 4 is 6.09 Å². The maximum absolute atomic E-state index is 12.5. The van der Waals surface area contributed by atoms with Crippen molar-refractivity contribution in [1.82, 2.24) is 0 Å². The van der Waals surface area contributed by atoms with Crippen LogP contribution in [0.25, 0.3) is 0 Å². The molecule has 0 saturated carbocycles. The molecule has 5 heteroatoms. The second-order valence-electron chi connectivity index (χ2n) is 2.82. The van der Waals surface area contributed by atoms with E-state index in [0.29, 0.717) is 18.8 Å². The minimum Gasteiger partial charge on any atom is -0.493 e. The molecule has 0 saturated heterocycles. The van der Waals surface area contributed by atoms with E-state index in [1.165, 1.54) is 24.3 Å². The summed E-state index contributed by atoms with van der Waals surface area (Å²) in [6.45, 7) is 0.607. The minimum absolute atomic E-state index is 0.219. The van der Waals surface area contributed by atoms with Crippen molar-refractivity contribution in [2.24, 2.45) is 5.73 Å². The van der Waals surface area contributed by atoms with Crippen LogP contribution in [0.3, 0.4) is 0 Å². The standard InChI is InChI=1S/C10H12FNO3/c11-8-2-4-9(5-3-8)14-6-1-7-15-10(12)13/h2-5H,1,6-7H2,(H2,12,13). The normalized spacial score (nSPS) is 9.67. The van der Waals surface area contributed by atoms with Gasteiger partial charge in [-0.05, 0) is 24.3 Å². The lowest BCUT2D eigenvalue weighted by molar-refractivity contribution is 0.147. The first-order chi connectivity index (χ1) is 7.18. The topological polar surface area (TPSA) is 61.6 Å². The first-order valence-corrected chi connectivity index (χ1v) is 4.49. The SMILES string of the molecule is NC(=O)OCCCOc1ccc(F)cc1. The molecule has 0 aliphatic carbocycles. The fourth-order valence-corrected chi connectivity index (χ4v) is 0.953. The van der Waals surface area contributed by atoms with E-state index < -0.39 is 6.09 Å². The van der Waals surface area contributed by atoms with Crippen LogP contribution >= 0.6 is 0 Å². The Morgan fingerprint density at radius 3 is 2.53 bits per heavy atom. The van der Waals surface area contributed by atoms with Gasteiger partial charge in [-0.3, -0.25) is 0 Å². The van der Waals surface area contributed by atoms with Crippen LogP contribution in [0.5, 0.6) is 5.75 Å². The molecule has 82 valence electrons. The predicted octanol–water partition coefficient (Wildman–Crippen LogP) is 1.69. The van der Waals surface area contributed by atoms with Crippen LogP contribution in [-0.4, -0.2) is 19.3 Å². The largest absolute Gasteiger partial charge is 0.493 e. The van der Waals surface area contributed by atoms with Crippen LogP contribution in [0.1, 0.15) is 6.42 Å². The summed E-state index contributed by atoms with van der Waals surface area (Å²) in [5.74, 6) is 0.273. The Labute approximate surface area is 86.8 Å². The Kier molecular flexibility index (Phi) is 4.40. The van der Waals surface area contributed by atoms with Gasteiger partial charge in [0.05, 0.1) is 13.2 Å². The third-order valence-electron chi connectivity index (χ3n) is 1.62. The molecule has 0 aliphatic heterocycles. The molecule has 0 fully saturated rings. The van der Waals surface area contributed by atoms with Gasteiger partial charge in [-0.25, -0.2) is 9.18 Å². The van der Waals surface area contributed by atoms with Gasteiger partial charge >= 0.3 is 6.09 Å². The first kappa shape index (κ1) is 11.3. The van der Waals surface area contributed by atoms with Gasteiger partial charge in [-0.2, -0.15) is 0 Å². The van der Waals surface area contributed by atoms with Gasteiger partial charge < -0.3 is 15.2 Å². The van der Waals surface area contributed by atoms with Crippen molar-refractivity contribution in [1.29, 1.82) is 0 Å². The van der Waals surface area contributed by atoms with Crippen LogP contribution in [0.4, 0.5) is 9.18 Å². The van der Waals surface area contributed by atoms with E-state index >= 15 is 0 Å². The smallest absolute Gasteiger partial charge is 0.404 e. The number of primary amides is 1. The van der Waals surface area contributed by atoms with Gasteiger partial charge in [0.1, 0.15) is 11.6 Å². The van der Waals surface area contributed by atoms with Gasteiger partial charge in [0.2, 0.25) is 0 Å². The van der Waals surface area contributed by atoms with Crippen LogP contribution in [0, 0.1) is 5.82 Å². The predicted molar refractivity (Wildman–Crippen MR) is 52.0 cm³/mol. The minimum atomic E-state index is -0.795. The molecule has 2 N–H and O–H groups in total. The molecule has 0 radical (unpaired) electrons. The molecule has 1 aromatic carbocycles. The quantitative estimate of drug-likeness (QED) is 0.757. The average molecular weight is 213 g/mol. The van der Waals surface area contributed by atoms with E-state index in [1.54, 1.807) is 0 Å². The molecule has 1 aromatic rings. The van der Waals surface area contributed by atoms with E-state index in [9.17, 15) is 9.18 Å². The van der Waals surface area contributed by atoms with E-state index in [4.69, 9.17) is 10.5 Å². The van der Waals surface area contributed by atoms with Gasteiger partial charge in [0.25, 0.3) is 0 Å². The summed E-state index contributed by atoms with van der Waals surface area (Å²) < 4.78 is 22.2. The maximum atomic E-state index is 12.5. The summed E-state index contributed by atoms with van der Waals surface area (Å²) in [6, 6.07) is 5.69. The summed E-state index contributed by atoms with van der Waals surface area (Å²) >= 11 is 0. The number of hydrogen-bond acceptors (Lipinski definition) is 3. The molecule has 0 unspecified atom stereocenters. The van der Waals surface area contributed by atoms with E-state index in [-0.39, 0.29) is 12.4 Å². The van der Waals surface area contributed by atoms with Gasteiger partial charge in [0, 0.05) is 6.42 Å². The molecule has 15 heavy (non-hydrogen) atoms. The maximum Gasteiger partial charge on any atom is 0.404 e. The Morgan fingerprint density at radius 2 is 1.93 bits per heavy atom. The molecule has 1 rings (SSSR count). The number of hydrogen-bond donors (Lipinski definition) is 1. The lowest BCUT2D eigenvalue weighted by atomic mass is 10.3. The molecule has 0 bridgehead atoms. The van der Waals surface area contributed by atoms with Crippen LogP contribution in [0.2, 0.25) is 0 Å². The number of benzene rings is 1. The van der Waals surface area contributed by atoms with E-state index in [2.05, 4.69) is 4.74 Å². The number of carbonyl (C=O) groups excluding carboxylic acids is 1. The van der Waals surface area contributed by atoms with Crippen molar-refractivity contribution in [2.45, 2.75) is 6.42 Å². The van der Waals surface area contributed by atoms with Crippen LogP contribution < -0.4 is 10.5 Å². The highest BCUT2D eigenvalue weighted by Gasteiger charge is 1.96. The zero-order valence-electron chi connectivity index (χ0n) is 8.11. The highest BCUT2D eigenvalue weighted by atomic mass is 19.1. The highest BCUT2D eigenvalue weighted by Crippen LogP contribution is 2.10. The first-order valence-electron chi connectivity index (χ1n) is 4.49. The average Bonchev–Trinajstić information content (AvgIpc) is 2.20. The molecular weight excluding hydrogens is 201 g/mol. The second kappa shape index (κ2) is 5.85. The van der Waals surface area contributed by atoms with Crippen LogP contribution in [-0.2, 0) is 4.74 Å². The molecule has 1 amide bonds. The lowest BCUT2D eigenvalue weighted by Crippen LogP contribution is -2.15. The number of halogens is 1. The second-order valence-corrected chi connectivity index (χ2v) is 2.82. The van der Waals surface area contributed by atoms with E-state index in [0.717, 1.165) is 0 Å². The molecule has 4 nitrogen and oxygen atoms in total.